The van der Waals surface area contributed by atoms with Gasteiger partial charge in [0.05, 0.1) is 18.6 Å². The number of carboxylic acid groups (broad SMARTS) is 1. The summed E-state index contributed by atoms with van der Waals surface area (Å²) in [6.07, 6.45) is 4.82. The number of hydrogen-bond donors (Lipinski definition) is 3. The fourth-order valence-corrected chi connectivity index (χ4v) is 0.533. The van der Waals surface area contributed by atoms with Gasteiger partial charge >= 0.3 is 6.09 Å². The van der Waals surface area contributed by atoms with Gasteiger partial charge in [-0.05, 0) is 5.21 Å². The fourth-order valence-electron chi connectivity index (χ4n) is 0.533. The van der Waals surface area contributed by atoms with Crippen molar-refractivity contribution in [2.45, 2.75) is 0 Å². The number of carbonyl (C=O) groups is 1. The van der Waals surface area contributed by atoms with Crippen LogP contribution in [0.5, 0.6) is 0 Å². The smallest absolute Gasteiger partial charge is 0.425 e. The predicted molar refractivity (Wildman–Crippen MR) is 43.8 cm³/mol. The van der Waals surface area contributed by atoms with Crippen LogP contribution in [0.15, 0.2) is 24.8 Å². The second kappa shape index (κ2) is 5.24. The molecule has 2 aromatic rings. The van der Waals surface area contributed by atoms with Crippen molar-refractivity contribution in [3.8, 4) is 0 Å². The summed E-state index contributed by atoms with van der Waals surface area (Å²) in [4.78, 5) is 10.9. The standard InChI is InChI=1S/C3H4N4O2.C2H3N3/c8-3(9)5-7-2-1-4-6-7;1-2-4-5-3-1/h1-2,5H,(H,8,9);1-2H,(H,3,4,5). The molecule has 9 heteroatoms. The normalized spacial score (nSPS) is 8.57. The highest BCUT2D eigenvalue weighted by Gasteiger charge is 1.92. The first kappa shape index (κ1) is 9.64. The van der Waals surface area contributed by atoms with Crippen LogP contribution in [0.3, 0.4) is 0 Å². The molecule has 0 unspecified atom stereocenters. The molecule has 1 amide bonds. The maximum Gasteiger partial charge on any atom is 0.425 e. The monoisotopic (exact) mass is 197 g/mol. The Morgan fingerprint density at radius 1 is 1.43 bits per heavy atom. The Balaban J connectivity index is 0.000000165. The second-order valence-electron chi connectivity index (χ2n) is 1.92. The van der Waals surface area contributed by atoms with Crippen molar-refractivity contribution >= 4 is 6.09 Å². The van der Waals surface area contributed by atoms with Crippen LogP contribution in [0.4, 0.5) is 4.79 Å². The Hall–Kier alpha value is -2.45. The number of aromatic amines is 1. The van der Waals surface area contributed by atoms with Crippen molar-refractivity contribution in [3.63, 3.8) is 0 Å². The molecule has 0 aliphatic carbocycles. The van der Waals surface area contributed by atoms with E-state index in [0.29, 0.717) is 0 Å². The van der Waals surface area contributed by atoms with Crippen LogP contribution in [-0.2, 0) is 0 Å². The molecule has 0 aromatic carbocycles. The van der Waals surface area contributed by atoms with E-state index in [2.05, 4.69) is 25.7 Å². The average molecular weight is 197 g/mol. The lowest BCUT2D eigenvalue weighted by Gasteiger charge is -1.93. The van der Waals surface area contributed by atoms with E-state index < -0.39 is 6.09 Å². The molecule has 0 aliphatic heterocycles. The van der Waals surface area contributed by atoms with Crippen LogP contribution in [-0.4, -0.2) is 41.7 Å². The third-order valence-electron chi connectivity index (χ3n) is 0.964. The summed E-state index contributed by atoms with van der Waals surface area (Å²) >= 11 is 0. The van der Waals surface area contributed by atoms with Crippen LogP contribution >= 0.6 is 0 Å². The van der Waals surface area contributed by atoms with E-state index in [1.54, 1.807) is 12.4 Å². The zero-order valence-corrected chi connectivity index (χ0v) is 6.90. The highest BCUT2D eigenvalue weighted by molar-refractivity contribution is 5.72. The number of hydrogen-bond acceptors (Lipinski definition) is 5. The van der Waals surface area contributed by atoms with Gasteiger partial charge in [-0.1, -0.05) is 5.21 Å². The maximum atomic E-state index is 9.87. The van der Waals surface area contributed by atoms with E-state index in [9.17, 15) is 4.79 Å². The van der Waals surface area contributed by atoms with Crippen molar-refractivity contribution in [2.75, 3.05) is 5.43 Å². The number of amides is 1. The zero-order chi connectivity index (χ0) is 10.2. The largest absolute Gasteiger partial charge is 0.464 e. The minimum atomic E-state index is -1.17. The molecule has 74 valence electrons. The average Bonchev–Trinajstić information content (AvgIpc) is 2.75. The Labute approximate surface area is 77.7 Å². The summed E-state index contributed by atoms with van der Waals surface area (Å²) < 4.78 is 0. The lowest BCUT2D eigenvalue weighted by molar-refractivity contribution is 0.205. The lowest BCUT2D eigenvalue weighted by Crippen LogP contribution is -2.20. The molecule has 0 saturated heterocycles. The highest BCUT2D eigenvalue weighted by atomic mass is 16.4. The quantitative estimate of drug-likeness (QED) is 0.555. The van der Waals surface area contributed by atoms with Gasteiger partial charge in [0, 0.05) is 6.20 Å². The SMILES string of the molecule is O=C(O)Nn1ccnn1.c1c[nH]nn1. The third-order valence-corrected chi connectivity index (χ3v) is 0.964. The van der Waals surface area contributed by atoms with Gasteiger partial charge in [0.1, 0.15) is 0 Å². The molecule has 9 nitrogen and oxygen atoms in total. The topological polar surface area (TPSA) is 122 Å². The van der Waals surface area contributed by atoms with Crippen LogP contribution in [0.2, 0.25) is 0 Å². The van der Waals surface area contributed by atoms with E-state index in [-0.39, 0.29) is 0 Å². The van der Waals surface area contributed by atoms with Crippen molar-refractivity contribution in [1.82, 2.24) is 30.5 Å². The first-order valence-electron chi connectivity index (χ1n) is 3.45. The van der Waals surface area contributed by atoms with Crippen molar-refractivity contribution < 1.29 is 9.90 Å². The van der Waals surface area contributed by atoms with E-state index in [1.165, 1.54) is 12.4 Å². The number of rotatable bonds is 1. The number of aromatic nitrogens is 6. The molecule has 0 bridgehead atoms. The Morgan fingerprint density at radius 3 is 2.64 bits per heavy atom. The number of nitrogens with zero attached hydrogens (tertiary/aromatic N) is 5. The summed E-state index contributed by atoms with van der Waals surface area (Å²) in [5.74, 6) is 0. The number of H-pyrrole nitrogens is 1. The minimum Gasteiger partial charge on any atom is -0.464 e. The predicted octanol–water partition coefficient (Wildman–Crippen LogP) is -0.696. The van der Waals surface area contributed by atoms with Crippen LogP contribution in [0.25, 0.3) is 0 Å². The van der Waals surface area contributed by atoms with Gasteiger partial charge < -0.3 is 5.11 Å². The van der Waals surface area contributed by atoms with Gasteiger partial charge in [0.2, 0.25) is 0 Å². The van der Waals surface area contributed by atoms with Crippen molar-refractivity contribution in [3.05, 3.63) is 24.8 Å². The lowest BCUT2D eigenvalue weighted by atomic mass is 11.0. The molecule has 2 rings (SSSR count). The summed E-state index contributed by atoms with van der Waals surface area (Å²) in [6, 6.07) is 0. The van der Waals surface area contributed by atoms with Crippen LogP contribution < -0.4 is 5.43 Å². The molecular weight excluding hydrogens is 190 g/mol. The highest BCUT2D eigenvalue weighted by Crippen LogP contribution is 1.72. The Morgan fingerprint density at radius 2 is 2.29 bits per heavy atom. The summed E-state index contributed by atoms with van der Waals surface area (Å²) in [5.41, 5.74) is 1.94. The first-order valence-corrected chi connectivity index (χ1v) is 3.45. The summed E-state index contributed by atoms with van der Waals surface area (Å²) in [7, 11) is 0. The van der Waals surface area contributed by atoms with Gasteiger partial charge in [-0.2, -0.15) is 4.79 Å². The van der Waals surface area contributed by atoms with Crippen molar-refractivity contribution in [1.29, 1.82) is 0 Å². The van der Waals surface area contributed by atoms with E-state index in [4.69, 9.17) is 5.11 Å². The van der Waals surface area contributed by atoms with Crippen molar-refractivity contribution in [2.24, 2.45) is 0 Å². The molecule has 0 spiro atoms. The molecule has 0 aliphatic rings. The maximum absolute atomic E-state index is 9.87. The molecule has 0 saturated carbocycles. The Bertz CT molecular complexity index is 325. The van der Waals surface area contributed by atoms with Gasteiger partial charge in [-0.3, -0.25) is 5.10 Å². The molecule has 0 fully saturated rings. The summed E-state index contributed by atoms with van der Waals surface area (Å²) in [5, 5.41) is 24.0. The summed E-state index contributed by atoms with van der Waals surface area (Å²) in [6.45, 7) is 0. The Kier molecular flexibility index (Phi) is 3.61. The molecule has 2 heterocycles. The van der Waals surface area contributed by atoms with Gasteiger partial charge in [-0.15, -0.1) is 10.2 Å². The van der Waals surface area contributed by atoms with E-state index in [0.717, 1.165) is 4.79 Å². The molecule has 3 N–H and O–H groups in total. The molecular formula is C5H7N7O2. The van der Waals surface area contributed by atoms with E-state index in [1.807, 2.05) is 5.43 Å². The van der Waals surface area contributed by atoms with Gasteiger partial charge in [0.15, 0.2) is 0 Å². The van der Waals surface area contributed by atoms with Crippen LogP contribution in [0.1, 0.15) is 0 Å². The third kappa shape index (κ3) is 3.80. The van der Waals surface area contributed by atoms with E-state index >= 15 is 0 Å². The molecule has 14 heavy (non-hydrogen) atoms. The molecule has 0 atom stereocenters. The molecule has 0 radical (unpaired) electrons. The molecule has 2 aromatic heterocycles. The second-order valence-corrected chi connectivity index (χ2v) is 1.92. The zero-order valence-electron chi connectivity index (χ0n) is 6.90. The van der Waals surface area contributed by atoms with Gasteiger partial charge in [0.25, 0.3) is 0 Å². The van der Waals surface area contributed by atoms with Crippen LogP contribution in [0, 0.1) is 0 Å². The van der Waals surface area contributed by atoms with Gasteiger partial charge in [-0.25, -0.2) is 10.2 Å². The first-order chi connectivity index (χ1) is 6.79. The minimum absolute atomic E-state index is 0.988. The number of nitrogens with one attached hydrogen (secondary N) is 2. The fraction of sp³-hybridized carbons (Fsp3) is 0.